The predicted octanol–water partition coefficient (Wildman–Crippen LogP) is 6.44. The Labute approximate surface area is 172 Å². The number of hydrogen-bond donors (Lipinski definition) is 0. The summed E-state index contributed by atoms with van der Waals surface area (Å²) in [5, 5.41) is 4.44. The van der Waals surface area contributed by atoms with Gasteiger partial charge in [-0.3, -0.25) is 0 Å². The molecule has 0 bridgehead atoms. The molecular formula is C27H34P+. The third-order valence-electron chi connectivity index (χ3n) is 5.26. The molecule has 0 aromatic heterocycles. The Hall–Kier alpha value is -1.91. The van der Waals surface area contributed by atoms with Crippen LogP contribution in [0.2, 0.25) is 0 Å². The van der Waals surface area contributed by atoms with E-state index in [9.17, 15) is 0 Å². The fourth-order valence-corrected chi connectivity index (χ4v) is 9.78. The van der Waals surface area contributed by atoms with Crippen molar-refractivity contribution in [1.82, 2.24) is 0 Å². The van der Waals surface area contributed by atoms with E-state index in [2.05, 4.69) is 126 Å². The Bertz CT molecular complexity index is 762. The second kappa shape index (κ2) is 8.22. The Morgan fingerprint density at radius 3 is 1.14 bits per heavy atom. The smallest absolute Gasteiger partial charge is 0.0620 e. The van der Waals surface area contributed by atoms with Crippen LogP contribution in [0.5, 0.6) is 0 Å². The molecule has 0 saturated heterocycles. The van der Waals surface area contributed by atoms with Crippen LogP contribution >= 0.6 is 7.26 Å². The first kappa shape index (κ1) is 20.8. The van der Waals surface area contributed by atoms with Crippen molar-refractivity contribution in [2.75, 3.05) is 6.16 Å². The number of benzene rings is 3. The zero-order valence-corrected chi connectivity index (χ0v) is 18.9. The van der Waals surface area contributed by atoms with Crippen molar-refractivity contribution in [3.05, 3.63) is 91.0 Å². The van der Waals surface area contributed by atoms with E-state index < -0.39 is 7.26 Å². The topological polar surface area (TPSA) is 0 Å². The first-order valence-corrected chi connectivity index (χ1v) is 12.3. The highest BCUT2D eigenvalue weighted by Crippen LogP contribution is 2.60. The van der Waals surface area contributed by atoms with Gasteiger partial charge >= 0.3 is 0 Å². The van der Waals surface area contributed by atoms with Gasteiger partial charge in [-0.1, -0.05) is 89.2 Å². The SMILES string of the molecule is CC(C)(C)CC(C)(C)C[P+](c1ccccc1)(c1ccccc1)c1ccccc1. The van der Waals surface area contributed by atoms with Gasteiger partial charge in [-0.2, -0.15) is 0 Å². The fraction of sp³-hybridized carbons (Fsp3) is 0.333. The van der Waals surface area contributed by atoms with Crippen molar-refractivity contribution in [3.63, 3.8) is 0 Å². The van der Waals surface area contributed by atoms with E-state index in [0.29, 0.717) is 5.41 Å². The molecule has 0 saturated carbocycles. The van der Waals surface area contributed by atoms with Crippen LogP contribution < -0.4 is 15.9 Å². The molecule has 0 amide bonds. The van der Waals surface area contributed by atoms with Gasteiger partial charge in [0.1, 0.15) is 23.2 Å². The summed E-state index contributed by atoms with van der Waals surface area (Å²) in [5.74, 6) is 0. The molecule has 0 aliphatic carbocycles. The molecule has 0 heterocycles. The third kappa shape index (κ3) is 4.73. The zero-order chi connectivity index (χ0) is 20.3. The van der Waals surface area contributed by atoms with E-state index in [-0.39, 0.29) is 5.41 Å². The van der Waals surface area contributed by atoms with E-state index in [0.717, 1.165) is 0 Å². The van der Waals surface area contributed by atoms with Crippen LogP contribution in [0.1, 0.15) is 41.0 Å². The van der Waals surface area contributed by atoms with Gasteiger partial charge in [0.25, 0.3) is 0 Å². The minimum atomic E-state index is -1.76. The van der Waals surface area contributed by atoms with Crippen LogP contribution in [0.15, 0.2) is 91.0 Å². The summed E-state index contributed by atoms with van der Waals surface area (Å²) in [6.07, 6.45) is 2.38. The highest BCUT2D eigenvalue weighted by atomic mass is 31.2. The molecule has 1 heteroatoms. The summed E-state index contributed by atoms with van der Waals surface area (Å²) in [5.41, 5.74) is 0.538. The van der Waals surface area contributed by atoms with Crippen LogP contribution in [0.3, 0.4) is 0 Å². The Kier molecular flexibility index (Phi) is 6.11. The van der Waals surface area contributed by atoms with E-state index in [4.69, 9.17) is 0 Å². The van der Waals surface area contributed by atoms with Crippen LogP contribution in [0.25, 0.3) is 0 Å². The molecular weight excluding hydrogens is 355 g/mol. The second-order valence-corrected chi connectivity index (χ2v) is 13.4. The van der Waals surface area contributed by atoms with Crippen LogP contribution in [-0.2, 0) is 0 Å². The number of rotatable bonds is 6. The highest BCUT2D eigenvalue weighted by molar-refractivity contribution is 7.95. The van der Waals surface area contributed by atoms with Crippen LogP contribution in [0, 0.1) is 10.8 Å². The predicted molar refractivity (Wildman–Crippen MR) is 128 cm³/mol. The lowest BCUT2D eigenvalue weighted by Gasteiger charge is -2.38. The molecule has 0 N–H and O–H groups in total. The van der Waals surface area contributed by atoms with Gasteiger partial charge in [0.05, 0.1) is 6.16 Å². The van der Waals surface area contributed by atoms with E-state index in [1.54, 1.807) is 0 Å². The van der Waals surface area contributed by atoms with Crippen molar-refractivity contribution in [1.29, 1.82) is 0 Å². The van der Waals surface area contributed by atoms with E-state index in [1.165, 1.54) is 28.5 Å². The maximum atomic E-state index is 2.46. The highest BCUT2D eigenvalue weighted by Gasteiger charge is 2.49. The van der Waals surface area contributed by atoms with Gasteiger partial charge in [0, 0.05) is 5.41 Å². The molecule has 3 aromatic carbocycles. The van der Waals surface area contributed by atoms with Crippen molar-refractivity contribution in [2.45, 2.75) is 41.0 Å². The van der Waals surface area contributed by atoms with Crippen molar-refractivity contribution < 1.29 is 0 Å². The van der Waals surface area contributed by atoms with Gasteiger partial charge in [0.2, 0.25) is 0 Å². The summed E-state index contributed by atoms with van der Waals surface area (Å²) in [6, 6.07) is 33.7. The van der Waals surface area contributed by atoms with Gasteiger partial charge in [-0.15, -0.1) is 0 Å². The molecule has 0 aliphatic heterocycles. The van der Waals surface area contributed by atoms with Crippen molar-refractivity contribution in [3.8, 4) is 0 Å². The third-order valence-corrected chi connectivity index (χ3v) is 10.1. The van der Waals surface area contributed by atoms with E-state index >= 15 is 0 Å². The van der Waals surface area contributed by atoms with Crippen LogP contribution in [-0.4, -0.2) is 6.16 Å². The molecule has 0 fully saturated rings. The molecule has 3 rings (SSSR count). The fourth-order valence-electron chi connectivity index (χ4n) is 4.90. The normalized spacial score (nSPS) is 12.8. The molecule has 3 aromatic rings. The molecule has 146 valence electrons. The standard InChI is InChI=1S/C27H34P/c1-26(2,3)21-27(4,5)22-28(23-15-9-6-10-16-23,24-17-11-7-12-18-24)25-19-13-8-14-20-25/h6-20H,21-22H2,1-5H3/q+1. The Morgan fingerprint density at radius 1 is 0.536 bits per heavy atom. The lowest BCUT2D eigenvalue weighted by Crippen LogP contribution is -2.39. The quantitative estimate of drug-likeness (QED) is 0.425. The molecule has 0 unspecified atom stereocenters. The minimum Gasteiger partial charge on any atom is -0.0620 e. The monoisotopic (exact) mass is 389 g/mol. The average molecular weight is 390 g/mol. The zero-order valence-electron chi connectivity index (χ0n) is 18.0. The molecule has 0 nitrogen and oxygen atoms in total. The maximum absolute atomic E-state index is 2.46. The van der Waals surface area contributed by atoms with Gasteiger partial charge in [-0.05, 0) is 48.2 Å². The summed E-state index contributed by atoms with van der Waals surface area (Å²) in [6.45, 7) is 12.0. The Balaban J connectivity index is 2.25. The molecule has 28 heavy (non-hydrogen) atoms. The maximum Gasteiger partial charge on any atom is 0.112 e. The van der Waals surface area contributed by atoms with Gasteiger partial charge in [-0.25, -0.2) is 0 Å². The van der Waals surface area contributed by atoms with Gasteiger partial charge in [0.15, 0.2) is 0 Å². The minimum absolute atomic E-state index is 0.230. The van der Waals surface area contributed by atoms with Gasteiger partial charge < -0.3 is 0 Å². The summed E-state index contributed by atoms with van der Waals surface area (Å²) in [4.78, 5) is 0. The summed E-state index contributed by atoms with van der Waals surface area (Å²) < 4.78 is 0. The summed E-state index contributed by atoms with van der Waals surface area (Å²) >= 11 is 0. The first-order chi connectivity index (χ1) is 13.2. The molecule has 0 spiro atoms. The number of hydrogen-bond acceptors (Lipinski definition) is 0. The lowest BCUT2D eigenvalue weighted by atomic mass is 9.77. The Morgan fingerprint density at radius 2 is 0.857 bits per heavy atom. The molecule has 0 radical (unpaired) electrons. The molecule has 0 atom stereocenters. The van der Waals surface area contributed by atoms with Crippen molar-refractivity contribution in [2.24, 2.45) is 10.8 Å². The first-order valence-electron chi connectivity index (χ1n) is 10.3. The van der Waals surface area contributed by atoms with E-state index in [1.807, 2.05) is 0 Å². The second-order valence-electron chi connectivity index (χ2n) is 9.88. The lowest BCUT2D eigenvalue weighted by molar-refractivity contribution is 0.237. The van der Waals surface area contributed by atoms with Crippen molar-refractivity contribution >= 4 is 23.2 Å². The molecule has 0 aliphatic rings. The van der Waals surface area contributed by atoms with Crippen LogP contribution in [0.4, 0.5) is 0 Å². The largest absolute Gasteiger partial charge is 0.112 e. The average Bonchev–Trinajstić information content (AvgIpc) is 2.66. The summed E-state index contributed by atoms with van der Waals surface area (Å²) in [7, 11) is -1.76.